The second-order valence-corrected chi connectivity index (χ2v) is 7.24. The van der Waals surface area contributed by atoms with Gasteiger partial charge in [0.15, 0.2) is 0 Å². The van der Waals surface area contributed by atoms with Crippen molar-refractivity contribution in [2.24, 2.45) is 22.5 Å². The fourth-order valence-electron chi connectivity index (χ4n) is 1.81. The van der Waals surface area contributed by atoms with Crippen LogP contribution in [0, 0.1) is 16.7 Å². The Bertz CT molecular complexity index is 254. The van der Waals surface area contributed by atoms with Gasteiger partial charge in [0.05, 0.1) is 0 Å². The largest absolute Gasteiger partial charge is 0.330 e. The van der Waals surface area contributed by atoms with Crippen molar-refractivity contribution in [3.63, 3.8) is 0 Å². The fraction of sp³-hybridized carbons (Fsp3) is 0.900. The molecule has 0 fully saturated rings. The first-order valence-corrected chi connectivity index (χ1v) is 9.24. The van der Waals surface area contributed by atoms with E-state index >= 15 is 0 Å². The Morgan fingerprint density at radius 1 is 1.17 bits per heavy atom. The number of carbonyl (C=O) groups excluding carboxylic acids is 2. The molecule has 0 aromatic heterocycles. The van der Waals surface area contributed by atoms with Gasteiger partial charge in [0.2, 0.25) is 0 Å². The van der Waals surface area contributed by atoms with Gasteiger partial charge in [0.1, 0.15) is 13.1 Å². The summed E-state index contributed by atoms with van der Waals surface area (Å²) in [6, 6.07) is 0. The number of nitrogens with one attached hydrogen (secondary N) is 1. The average Bonchev–Trinajstić information content (AvgIpc) is 2.58. The molecule has 24 heavy (non-hydrogen) atoms. The molecule has 1 unspecified atom stereocenters. The Hall–Kier alpha value is -0.740. The Balaban J connectivity index is -0.000000138. The van der Waals surface area contributed by atoms with E-state index in [1.807, 2.05) is 27.7 Å². The van der Waals surface area contributed by atoms with Crippen molar-refractivity contribution in [3.05, 3.63) is 0 Å². The highest BCUT2D eigenvalue weighted by Gasteiger charge is 2.23. The van der Waals surface area contributed by atoms with E-state index in [2.05, 4.69) is 46.9 Å². The standard InChI is InChI=1S/C9H18O.C8H20N2.C2H6.CH2O/c1-5-8(2)9(3,4)6-7-10;1-8(2,7-9)5-4-6-10-3;2*1-2/h7-8H,5-6H2,1-4H3;10H,4-7,9H2,1-3H3;1-2H3;1H2. The number of nitrogens with two attached hydrogens (primary N) is 1. The van der Waals surface area contributed by atoms with Crippen LogP contribution in [0.5, 0.6) is 0 Å². The van der Waals surface area contributed by atoms with Crippen molar-refractivity contribution >= 4 is 13.1 Å². The van der Waals surface area contributed by atoms with E-state index in [0.717, 1.165) is 25.8 Å². The van der Waals surface area contributed by atoms with Crippen molar-refractivity contribution in [1.82, 2.24) is 5.32 Å². The molecule has 0 bridgehead atoms. The number of rotatable bonds is 9. The molecule has 0 radical (unpaired) electrons. The van der Waals surface area contributed by atoms with E-state index in [4.69, 9.17) is 10.5 Å². The minimum Gasteiger partial charge on any atom is -0.330 e. The molecule has 0 amide bonds. The number of aldehydes is 1. The van der Waals surface area contributed by atoms with Crippen molar-refractivity contribution in [2.45, 2.75) is 81.1 Å². The maximum atomic E-state index is 10.2. The molecule has 0 heterocycles. The van der Waals surface area contributed by atoms with Gasteiger partial charge in [-0.05, 0) is 49.7 Å². The molecule has 0 aromatic carbocycles. The Morgan fingerprint density at radius 2 is 1.62 bits per heavy atom. The Labute approximate surface area is 152 Å². The first-order chi connectivity index (χ1) is 11.2. The zero-order chi connectivity index (χ0) is 20.2. The van der Waals surface area contributed by atoms with Crippen LogP contribution in [0.15, 0.2) is 0 Å². The molecule has 4 heteroatoms. The number of hydrogen-bond acceptors (Lipinski definition) is 4. The van der Waals surface area contributed by atoms with Crippen molar-refractivity contribution < 1.29 is 9.59 Å². The molecule has 0 aliphatic heterocycles. The highest BCUT2D eigenvalue weighted by atomic mass is 16.1. The fourth-order valence-corrected chi connectivity index (χ4v) is 1.81. The zero-order valence-corrected chi connectivity index (χ0v) is 18.0. The molecule has 0 aliphatic rings. The van der Waals surface area contributed by atoms with Gasteiger partial charge < -0.3 is 20.6 Å². The summed E-state index contributed by atoms with van der Waals surface area (Å²) < 4.78 is 0. The predicted octanol–water partition coefficient (Wildman–Crippen LogP) is 4.46. The van der Waals surface area contributed by atoms with Crippen LogP contribution in [-0.2, 0) is 9.59 Å². The summed E-state index contributed by atoms with van der Waals surface area (Å²) in [6.45, 7) is 21.0. The molecule has 0 aliphatic carbocycles. The number of hydrogen-bond donors (Lipinski definition) is 2. The zero-order valence-electron chi connectivity index (χ0n) is 18.0. The minimum atomic E-state index is 0.191. The third-order valence-corrected chi connectivity index (χ3v) is 4.39. The highest BCUT2D eigenvalue weighted by Crippen LogP contribution is 2.31. The van der Waals surface area contributed by atoms with Crippen LogP contribution in [0.1, 0.15) is 81.1 Å². The second kappa shape index (κ2) is 20.3. The molecule has 0 aromatic rings. The predicted molar refractivity (Wildman–Crippen MR) is 108 cm³/mol. The SMILES string of the molecule is C=O.CC.CCC(C)C(C)(C)CC=O.CNCCCC(C)(C)CN. The topological polar surface area (TPSA) is 72.2 Å². The second-order valence-electron chi connectivity index (χ2n) is 7.24. The van der Waals surface area contributed by atoms with Crippen LogP contribution >= 0.6 is 0 Å². The van der Waals surface area contributed by atoms with E-state index in [9.17, 15) is 4.79 Å². The van der Waals surface area contributed by atoms with Crippen LogP contribution < -0.4 is 11.1 Å². The summed E-state index contributed by atoms with van der Waals surface area (Å²) in [4.78, 5) is 18.2. The highest BCUT2D eigenvalue weighted by molar-refractivity contribution is 5.50. The molecule has 3 N–H and O–H groups in total. The Morgan fingerprint density at radius 3 is 1.92 bits per heavy atom. The summed E-state index contributed by atoms with van der Waals surface area (Å²) in [5, 5.41) is 3.12. The van der Waals surface area contributed by atoms with Gasteiger partial charge in [-0.3, -0.25) is 0 Å². The van der Waals surface area contributed by atoms with E-state index in [1.54, 1.807) is 0 Å². The van der Waals surface area contributed by atoms with E-state index in [-0.39, 0.29) is 5.41 Å². The molecule has 0 spiro atoms. The molecule has 1 atom stereocenters. The normalized spacial score (nSPS) is 11.6. The maximum absolute atomic E-state index is 10.2. The van der Waals surface area contributed by atoms with Gasteiger partial charge in [-0.2, -0.15) is 0 Å². The van der Waals surface area contributed by atoms with Crippen molar-refractivity contribution in [3.8, 4) is 0 Å². The van der Waals surface area contributed by atoms with Gasteiger partial charge >= 0.3 is 0 Å². The summed E-state index contributed by atoms with van der Waals surface area (Å²) in [6.07, 6.45) is 5.29. The monoisotopic (exact) mass is 346 g/mol. The smallest absolute Gasteiger partial charge is 0.120 e. The molecule has 4 nitrogen and oxygen atoms in total. The lowest BCUT2D eigenvalue weighted by atomic mass is 9.76. The summed E-state index contributed by atoms with van der Waals surface area (Å²) >= 11 is 0. The lowest BCUT2D eigenvalue weighted by Gasteiger charge is -2.28. The Kier molecular flexibility index (Phi) is 26.3. The maximum Gasteiger partial charge on any atom is 0.120 e. The van der Waals surface area contributed by atoms with E-state index < -0.39 is 0 Å². The van der Waals surface area contributed by atoms with Gasteiger partial charge in [-0.25, -0.2) is 0 Å². The summed E-state index contributed by atoms with van der Waals surface area (Å²) in [5.74, 6) is 0.637. The van der Waals surface area contributed by atoms with E-state index in [1.165, 1.54) is 12.8 Å². The molecular formula is C20H46N2O2. The third-order valence-electron chi connectivity index (χ3n) is 4.39. The minimum absolute atomic E-state index is 0.191. The first kappa shape index (κ1) is 31.1. The van der Waals surface area contributed by atoms with Gasteiger partial charge in [-0.15, -0.1) is 0 Å². The quantitative estimate of drug-likeness (QED) is 0.477. The van der Waals surface area contributed by atoms with Gasteiger partial charge in [-0.1, -0.05) is 61.8 Å². The molecule has 148 valence electrons. The van der Waals surface area contributed by atoms with Gasteiger partial charge in [0.25, 0.3) is 0 Å². The molecule has 0 rings (SSSR count). The van der Waals surface area contributed by atoms with Crippen molar-refractivity contribution in [1.29, 1.82) is 0 Å². The van der Waals surface area contributed by atoms with Crippen LogP contribution in [0.2, 0.25) is 0 Å². The van der Waals surface area contributed by atoms with Crippen LogP contribution in [-0.4, -0.2) is 33.2 Å². The van der Waals surface area contributed by atoms with Gasteiger partial charge in [0, 0.05) is 6.42 Å². The summed E-state index contributed by atoms with van der Waals surface area (Å²) in [7, 11) is 1.98. The summed E-state index contributed by atoms with van der Waals surface area (Å²) in [5.41, 5.74) is 6.09. The van der Waals surface area contributed by atoms with E-state index in [0.29, 0.717) is 17.8 Å². The van der Waals surface area contributed by atoms with Crippen LogP contribution in [0.4, 0.5) is 0 Å². The average molecular weight is 347 g/mol. The van der Waals surface area contributed by atoms with Crippen molar-refractivity contribution in [2.75, 3.05) is 20.1 Å². The molecular weight excluding hydrogens is 300 g/mol. The molecule has 0 saturated heterocycles. The first-order valence-electron chi connectivity index (χ1n) is 9.24. The number of carbonyl (C=O) groups is 2. The third kappa shape index (κ3) is 21.3. The lowest BCUT2D eigenvalue weighted by Crippen LogP contribution is -2.24. The lowest BCUT2D eigenvalue weighted by molar-refractivity contribution is -0.110. The molecule has 0 saturated carbocycles. The van der Waals surface area contributed by atoms with Crippen LogP contribution in [0.25, 0.3) is 0 Å². The van der Waals surface area contributed by atoms with Crippen LogP contribution in [0.3, 0.4) is 0 Å².